The van der Waals surface area contributed by atoms with Crippen molar-refractivity contribution >= 4 is 21.7 Å². The summed E-state index contributed by atoms with van der Waals surface area (Å²) in [5.41, 5.74) is 1.14. The molecule has 1 heterocycles. The van der Waals surface area contributed by atoms with Crippen LogP contribution in [-0.2, 0) is 9.47 Å². The molecule has 0 spiro atoms. The Hall–Kier alpha value is -0.650. The molecule has 0 amide bonds. The molecule has 1 aromatic rings. The Labute approximate surface area is 111 Å². The van der Waals surface area contributed by atoms with E-state index in [1.807, 2.05) is 13.1 Å². The highest BCUT2D eigenvalue weighted by molar-refractivity contribution is 9.10. The molecular formula is C12H19BrN2O2. The minimum atomic E-state index is 0.672. The zero-order valence-electron chi connectivity index (χ0n) is 10.6. The molecule has 0 aliphatic carbocycles. The summed E-state index contributed by atoms with van der Waals surface area (Å²) in [6, 6.07) is 2.06. The smallest absolute Gasteiger partial charge is 0.143 e. The zero-order chi connectivity index (χ0) is 12.7. The van der Waals surface area contributed by atoms with E-state index in [9.17, 15) is 0 Å². The SMILES string of the molecule is COCCN(CCOC)c1ncc(C)cc1Br. The molecule has 0 atom stereocenters. The highest BCUT2D eigenvalue weighted by Gasteiger charge is 2.11. The molecule has 0 saturated heterocycles. The Morgan fingerprint density at radius 2 is 1.82 bits per heavy atom. The molecule has 0 radical (unpaired) electrons. The molecule has 5 heteroatoms. The molecule has 0 saturated carbocycles. The predicted molar refractivity (Wildman–Crippen MR) is 72.6 cm³/mol. The Kier molecular flexibility index (Phi) is 6.47. The van der Waals surface area contributed by atoms with Gasteiger partial charge >= 0.3 is 0 Å². The number of pyridine rings is 1. The van der Waals surface area contributed by atoms with Gasteiger partial charge in [0.25, 0.3) is 0 Å². The summed E-state index contributed by atoms with van der Waals surface area (Å²) in [6.45, 7) is 4.97. The number of nitrogens with zero attached hydrogens (tertiary/aromatic N) is 2. The summed E-state index contributed by atoms with van der Waals surface area (Å²) in [6.07, 6.45) is 1.87. The fraction of sp³-hybridized carbons (Fsp3) is 0.583. The number of hydrogen-bond acceptors (Lipinski definition) is 4. The van der Waals surface area contributed by atoms with E-state index in [2.05, 4.69) is 31.9 Å². The average Bonchev–Trinajstić information content (AvgIpc) is 2.30. The maximum absolute atomic E-state index is 5.11. The lowest BCUT2D eigenvalue weighted by Gasteiger charge is -2.24. The van der Waals surface area contributed by atoms with Crippen LogP contribution < -0.4 is 4.90 Å². The summed E-state index contributed by atoms with van der Waals surface area (Å²) in [5, 5.41) is 0. The Bertz CT molecular complexity index is 339. The van der Waals surface area contributed by atoms with E-state index in [4.69, 9.17) is 9.47 Å². The second-order valence-corrected chi connectivity index (χ2v) is 4.65. The summed E-state index contributed by atoms with van der Waals surface area (Å²) in [4.78, 5) is 6.60. The fourth-order valence-corrected chi connectivity index (χ4v) is 2.20. The largest absolute Gasteiger partial charge is 0.383 e. The predicted octanol–water partition coefficient (Wildman–Crippen LogP) is 2.25. The lowest BCUT2D eigenvalue weighted by Crippen LogP contribution is -2.31. The monoisotopic (exact) mass is 302 g/mol. The van der Waals surface area contributed by atoms with Gasteiger partial charge in [0.15, 0.2) is 0 Å². The maximum atomic E-state index is 5.11. The number of anilines is 1. The minimum absolute atomic E-state index is 0.672. The molecule has 17 heavy (non-hydrogen) atoms. The van der Waals surface area contributed by atoms with E-state index < -0.39 is 0 Å². The number of aryl methyl sites for hydroxylation is 1. The van der Waals surface area contributed by atoms with Crippen molar-refractivity contribution in [2.24, 2.45) is 0 Å². The van der Waals surface area contributed by atoms with Crippen LogP contribution >= 0.6 is 15.9 Å². The molecule has 0 aromatic carbocycles. The van der Waals surface area contributed by atoms with E-state index in [-0.39, 0.29) is 0 Å². The van der Waals surface area contributed by atoms with Crippen LogP contribution in [0.25, 0.3) is 0 Å². The molecule has 1 rings (SSSR count). The van der Waals surface area contributed by atoms with Gasteiger partial charge in [-0.15, -0.1) is 0 Å². The quantitative estimate of drug-likeness (QED) is 0.774. The highest BCUT2D eigenvalue weighted by atomic mass is 79.9. The number of rotatable bonds is 7. The van der Waals surface area contributed by atoms with Crippen LogP contribution in [0.2, 0.25) is 0 Å². The average molecular weight is 303 g/mol. The third-order valence-corrected chi connectivity index (χ3v) is 2.97. The first-order valence-electron chi connectivity index (χ1n) is 5.54. The van der Waals surface area contributed by atoms with Crippen molar-refractivity contribution in [3.8, 4) is 0 Å². The molecule has 0 aliphatic rings. The third kappa shape index (κ3) is 4.61. The van der Waals surface area contributed by atoms with Crippen LogP contribution in [0.15, 0.2) is 16.7 Å². The zero-order valence-corrected chi connectivity index (χ0v) is 12.2. The molecular weight excluding hydrogens is 284 g/mol. The van der Waals surface area contributed by atoms with Gasteiger partial charge in [-0.25, -0.2) is 4.98 Å². The van der Waals surface area contributed by atoms with Crippen molar-refractivity contribution in [2.75, 3.05) is 45.4 Å². The lowest BCUT2D eigenvalue weighted by atomic mass is 10.3. The molecule has 0 N–H and O–H groups in total. The third-order valence-electron chi connectivity index (χ3n) is 2.39. The van der Waals surface area contributed by atoms with Crippen LogP contribution in [-0.4, -0.2) is 45.5 Å². The van der Waals surface area contributed by atoms with Gasteiger partial charge < -0.3 is 14.4 Å². The van der Waals surface area contributed by atoms with E-state index in [1.165, 1.54) is 0 Å². The minimum Gasteiger partial charge on any atom is -0.383 e. The van der Waals surface area contributed by atoms with Gasteiger partial charge in [-0.1, -0.05) is 0 Å². The second kappa shape index (κ2) is 7.63. The van der Waals surface area contributed by atoms with Gasteiger partial charge in [0.1, 0.15) is 5.82 Å². The van der Waals surface area contributed by atoms with Crippen LogP contribution in [0.1, 0.15) is 5.56 Å². The maximum Gasteiger partial charge on any atom is 0.143 e. The van der Waals surface area contributed by atoms with E-state index >= 15 is 0 Å². The first kappa shape index (κ1) is 14.4. The van der Waals surface area contributed by atoms with E-state index in [0.717, 1.165) is 28.9 Å². The standard InChI is InChI=1S/C12H19BrN2O2/c1-10-8-11(13)12(14-9-10)15(4-6-16-2)5-7-17-3/h8-9H,4-7H2,1-3H3. The first-order chi connectivity index (χ1) is 8.19. The molecule has 0 fully saturated rings. The van der Waals surface area contributed by atoms with Gasteiger partial charge in [-0.2, -0.15) is 0 Å². The highest BCUT2D eigenvalue weighted by Crippen LogP contribution is 2.24. The van der Waals surface area contributed by atoms with Crippen molar-refractivity contribution < 1.29 is 9.47 Å². The summed E-state index contributed by atoms with van der Waals surface area (Å²) in [5.74, 6) is 0.935. The molecule has 0 aliphatic heterocycles. The Morgan fingerprint density at radius 3 is 2.29 bits per heavy atom. The van der Waals surface area contributed by atoms with Gasteiger partial charge in [-0.3, -0.25) is 0 Å². The van der Waals surface area contributed by atoms with Gasteiger partial charge in [0.05, 0.1) is 17.7 Å². The normalized spacial score (nSPS) is 10.6. The van der Waals surface area contributed by atoms with Crippen molar-refractivity contribution in [2.45, 2.75) is 6.92 Å². The lowest BCUT2D eigenvalue weighted by molar-refractivity contribution is 0.190. The Balaban J connectivity index is 2.79. The molecule has 4 nitrogen and oxygen atoms in total. The summed E-state index contributed by atoms with van der Waals surface area (Å²) in [7, 11) is 3.40. The van der Waals surface area contributed by atoms with Crippen LogP contribution in [0.4, 0.5) is 5.82 Å². The number of methoxy groups -OCH3 is 2. The number of hydrogen-bond donors (Lipinski definition) is 0. The van der Waals surface area contributed by atoms with Gasteiger partial charge in [0.2, 0.25) is 0 Å². The van der Waals surface area contributed by atoms with Gasteiger partial charge in [0, 0.05) is 33.5 Å². The molecule has 0 unspecified atom stereocenters. The topological polar surface area (TPSA) is 34.6 Å². The molecule has 0 bridgehead atoms. The number of halogens is 1. The number of ether oxygens (including phenoxy) is 2. The van der Waals surface area contributed by atoms with Crippen LogP contribution in [0.3, 0.4) is 0 Å². The van der Waals surface area contributed by atoms with E-state index in [0.29, 0.717) is 13.2 Å². The van der Waals surface area contributed by atoms with Gasteiger partial charge in [-0.05, 0) is 34.5 Å². The fourth-order valence-electron chi connectivity index (χ4n) is 1.49. The van der Waals surface area contributed by atoms with Crippen molar-refractivity contribution in [1.29, 1.82) is 0 Å². The Morgan fingerprint density at radius 1 is 1.24 bits per heavy atom. The first-order valence-corrected chi connectivity index (χ1v) is 6.33. The number of aromatic nitrogens is 1. The second-order valence-electron chi connectivity index (χ2n) is 3.79. The summed E-state index contributed by atoms with van der Waals surface area (Å²) < 4.78 is 11.2. The van der Waals surface area contributed by atoms with Crippen LogP contribution in [0, 0.1) is 6.92 Å². The molecule has 96 valence electrons. The van der Waals surface area contributed by atoms with E-state index in [1.54, 1.807) is 14.2 Å². The van der Waals surface area contributed by atoms with Crippen LogP contribution in [0.5, 0.6) is 0 Å². The van der Waals surface area contributed by atoms with Crippen molar-refractivity contribution in [1.82, 2.24) is 4.98 Å². The van der Waals surface area contributed by atoms with Crippen molar-refractivity contribution in [3.63, 3.8) is 0 Å². The summed E-state index contributed by atoms with van der Waals surface area (Å²) >= 11 is 3.55. The molecule has 1 aromatic heterocycles. The van der Waals surface area contributed by atoms with Crippen molar-refractivity contribution in [3.05, 3.63) is 22.3 Å².